The molecule has 5 heteroatoms. The van der Waals surface area contributed by atoms with Crippen LogP contribution in [-0.4, -0.2) is 31.4 Å². The molecule has 1 atom stereocenters. The summed E-state index contributed by atoms with van der Waals surface area (Å²) in [5, 5.41) is 9.21. The van der Waals surface area contributed by atoms with Gasteiger partial charge in [-0.1, -0.05) is 37.3 Å². The molecule has 2 N–H and O–H groups in total. The maximum Gasteiger partial charge on any atom is 0.212 e. The van der Waals surface area contributed by atoms with Crippen molar-refractivity contribution in [2.75, 3.05) is 12.4 Å². The lowest BCUT2D eigenvalue weighted by atomic mass is 10.0. The van der Waals surface area contributed by atoms with Gasteiger partial charge in [0.1, 0.15) is 0 Å². The van der Waals surface area contributed by atoms with Gasteiger partial charge in [0.2, 0.25) is 10.0 Å². The molecule has 0 aliphatic carbocycles. The van der Waals surface area contributed by atoms with Crippen LogP contribution in [0.3, 0.4) is 0 Å². The average molecular weight is 271 g/mol. The molecule has 1 aromatic rings. The second-order valence-electron chi connectivity index (χ2n) is 4.73. The van der Waals surface area contributed by atoms with Gasteiger partial charge in [-0.05, 0) is 25.3 Å². The predicted molar refractivity (Wildman–Crippen MR) is 72.9 cm³/mol. The highest BCUT2D eigenvalue weighted by molar-refractivity contribution is 7.89. The number of hydrogen-bond acceptors (Lipinski definition) is 3. The van der Waals surface area contributed by atoms with E-state index in [1.54, 1.807) is 6.92 Å². The van der Waals surface area contributed by atoms with E-state index in [0.29, 0.717) is 12.8 Å². The molecule has 0 aromatic heterocycles. The number of hydrogen-bond donors (Lipinski definition) is 2. The van der Waals surface area contributed by atoms with Gasteiger partial charge in [-0.3, -0.25) is 0 Å². The molecule has 0 aliphatic heterocycles. The second-order valence-corrected chi connectivity index (χ2v) is 6.57. The van der Waals surface area contributed by atoms with E-state index in [2.05, 4.69) is 4.72 Å². The monoisotopic (exact) mass is 271 g/mol. The Kier molecular flexibility index (Phi) is 5.31. The third-order valence-corrected chi connectivity index (χ3v) is 4.58. The van der Waals surface area contributed by atoms with Crippen molar-refractivity contribution in [3.63, 3.8) is 0 Å². The fourth-order valence-corrected chi connectivity index (χ4v) is 3.11. The number of rotatable bonds is 7. The summed E-state index contributed by atoms with van der Waals surface area (Å²) < 4.78 is 26.4. The molecular weight excluding hydrogens is 250 g/mol. The summed E-state index contributed by atoms with van der Waals surface area (Å²) >= 11 is 0. The Morgan fingerprint density at radius 2 is 1.89 bits per heavy atom. The molecule has 18 heavy (non-hydrogen) atoms. The molecule has 102 valence electrons. The summed E-state index contributed by atoms with van der Waals surface area (Å²) in [4.78, 5) is 0. The largest absolute Gasteiger partial charge is 0.394 e. The zero-order valence-electron chi connectivity index (χ0n) is 10.9. The summed E-state index contributed by atoms with van der Waals surface area (Å²) in [5.41, 5.74) is 0.222. The summed E-state index contributed by atoms with van der Waals surface area (Å²) in [6, 6.07) is 9.48. The quantitative estimate of drug-likeness (QED) is 0.786. The lowest BCUT2D eigenvalue weighted by Gasteiger charge is -2.26. The van der Waals surface area contributed by atoms with Crippen molar-refractivity contribution < 1.29 is 13.5 Å². The Balaban J connectivity index is 2.61. The van der Waals surface area contributed by atoms with Crippen molar-refractivity contribution in [2.45, 2.75) is 32.2 Å². The topological polar surface area (TPSA) is 66.4 Å². The van der Waals surface area contributed by atoms with Crippen LogP contribution in [-0.2, 0) is 16.4 Å². The Hall–Kier alpha value is -0.910. The van der Waals surface area contributed by atoms with E-state index >= 15 is 0 Å². The van der Waals surface area contributed by atoms with Crippen molar-refractivity contribution in [3.8, 4) is 0 Å². The molecule has 0 saturated heterocycles. The smallest absolute Gasteiger partial charge is 0.212 e. The number of aliphatic hydroxyl groups is 1. The molecule has 0 aliphatic rings. The van der Waals surface area contributed by atoms with E-state index < -0.39 is 15.6 Å². The minimum absolute atomic E-state index is 0.0343. The Morgan fingerprint density at radius 3 is 2.39 bits per heavy atom. The molecule has 0 radical (unpaired) electrons. The molecule has 1 unspecified atom stereocenters. The van der Waals surface area contributed by atoms with Crippen LogP contribution in [0.2, 0.25) is 0 Å². The summed E-state index contributed by atoms with van der Waals surface area (Å²) in [7, 11) is -3.37. The van der Waals surface area contributed by atoms with Crippen molar-refractivity contribution in [2.24, 2.45) is 0 Å². The van der Waals surface area contributed by atoms with Gasteiger partial charge < -0.3 is 5.11 Å². The highest BCUT2D eigenvalue weighted by Gasteiger charge is 2.26. The first-order valence-corrected chi connectivity index (χ1v) is 7.72. The van der Waals surface area contributed by atoms with E-state index in [4.69, 9.17) is 0 Å². The Morgan fingerprint density at radius 1 is 1.28 bits per heavy atom. The third-order valence-electron chi connectivity index (χ3n) is 3.03. The SMILES string of the molecule is CCC(C)(CO)NS(=O)(=O)CCc1ccccc1. The molecule has 1 rings (SSSR count). The van der Waals surface area contributed by atoms with Gasteiger partial charge in [0.05, 0.1) is 17.9 Å². The molecule has 4 nitrogen and oxygen atoms in total. The predicted octanol–water partition coefficient (Wildman–Crippen LogP) is 1.31. The van der Waals surface area contributed by atoms with Crippen molar-refractivity contribution in [1.29, 1.82) is 0 Å². The molecular formula is C13H21NO3S. The van der Waals surface area contributed by atoms with E-state index in [1.165, 1.54) is 0 Å². The molecule has 0 heterocycles. The van der Waals surface area contributed by atoms with Crippen LogP contribution in [0.1, 0.15) is 25.8 Å². The number of sulfonamides is 1. The Labute approximate surface area is 109 Å². The summed E-state index contributed by atoms with van der Waals surface area (Å²) in [6.45, 7) is 3.34. The molecule has 0 amide bonds. The van der Waals surface area contributed by atoms with Gasteiger partial charge in [-0.25, -0.2) is 13.1 Å². The van der Waals surface area contributed by atoms with Gasteiger partial charge in [-0.2, -0.15) is 0 Å². The minimum Gasteiger partial charge on any atom is -0.394 e. The maximum absolute atomic E-state index is 11.9. The average Bonchev–Trinajstić information content (AvgIpc) is 2.37. The number of benzene rings is 1. The van der Waals surface area contributed by atoms with E-state index in [1.807, 2.05) is 37.3 Å². The molecule has 0 saturated carbocycles. The number of aliphatic hydroxyl groups excluding tert-OH is 1. The molecule has 0 bridgehead atoms. The third kappa shape index (κ3) is 4.76. The van der Waals surface area contributed by atoms with Crippen molar-refractivity contribution in [1.82, 2.24) is 4.72 Å². The highest BCUT2D eigenvalue weighted by Crippen LogP contribution is 2.10. The molecule has 0 spiro atoms. The number of aryl methyl sites for hydroxylation is 1. The number of nitrogens with one attached hydrogen (secondary N) is 1. The zero-order valence-corrected chi connectivity index (χ0v) is 11.7. The zero-order chi connectivity index (χ0) is 13.6. The normalized spacial score (nSPS) is 15.3. The van der Waals surface area contributed by atoms with Crippen LogP contribution >= 0.6 is 0 Å². The maximum atomic E-state index is 11.9. The van der Waals surface area contributed by atoms with Crippen LogP contribution in [0.25, 0.3) is 0 Å². The lowest BCUT2D eigenvalue weighted by Crippen LogP contribution is -2.49. The van der Waals surface area contributed by atoms with Crippen molar-refractivity contribution >= 4 is 10.0 Å². The van der Waals surface area contributed by atoms with Gasteiger partial charge >= 0.3 is 0 Å². The lowest BCUT2D eigenvalue weighted by molar-refractivity contribution is 0.191. The first kappa shape index (κ1) is 15.1. The van der Waals surface area contributed by atoms with Crippen LogP contribution in [0.4, 0.5) is 0 Å². The molecule has 0 fully saturated rings. The fourth-order valence-electron chi connectivity index (χ4n) is 1.54. The van der Waals surface area contributed by atoms with Gasteiger partial charge in [0.15, 0.2) is 0 Å². The summed E-state index contributed by atoms with van der Waals surface area (Å²) in [5.74, 6) is 0.0343. The van der Waals surface area contributed by atoms with E-state index in [9.17, 15) is 13.5 Å². The summed E-state index contributed by atoms with van der Waals surface area (Å²) in [6.07, 6.45) is 1.02. The van der Waals surface area contributed by atoms with E-state index in [-0.39, 0.29) is 12.4 Å². The van der Waals surface area contributed by atoms with Crippen LogP contribution in [0.5, 0.6) is 0 Å². The first-order chi connectivity index (χ1) is 8.41. The van der Waals surface area contributed by atoms with Crippen LogP contribution < -0.4 is 4.72 Å². The van der Waals surface area contributed by atoms with E-state index in [0.717, 1.165) is 5.56 Å². The minimum atomic E-state index is -3.37. The fraction of sp³-hybridized carbons (Fsp3) is 0.538. The van der Waals surface area contributed by atoms with Crippen LogP contribution in [0, 0.1) is 0 Å². The Bertz CT molecular complexity index is 452. The second kappa shape index (κ2) is 6.31. The van der Waals surface area contributed by atoms with Gasteiger partial charge in [0.25, 0.3) is 0 Å². The first-order valence-electron chi connectivity index (χ1n) is 6.07. The van der Waals surface area contributed by atoms with Crippen LogP contribution in [0.15, 0.2) is 30.3 Å². The highest BCUT2D eigenvalue weighted by atomic mass is 32.2. The molecule has 1 aromatic carbocycles. The standard InChI is InChI=1S/C13H21NO3S/c1-3-13(2,11-15)14-18(16,17)10-9-12-7-5-4-6-8-12/h4-8,14-15H,3,9-11H2,1-2H3. The van der Waals surface area contributed by atoms with Gasteiger partial charge in [-0.15, -0.1) is 0 Å². The van der Waals surface area contributed by atoms with Gasteiger partial charge in [0, 0.05) is 0 Å². The van der Waals surface area contributed by atoms with Crippen molar-refractivity contribution in [3.05, 3.63) is 35.9 Å².